The van der Waals surface area contributed by atoms with Crippen LogP contribution in [0, 0.1) is 15.9 Å². The fourth-order valence-corrected chi connectivity index (χ4v) is 5.56. The zero-order chi connectivity index (χ0) is 21.5. The molecule has 1 aliphatic carbocycles. The van der Waals surface area contributed by atoms with E-state index in [2.05, 4.69) is 5.32 Å². The maximum Gasteiger partial charge on any atom is 0.288 e. The molecule has 30 heavy (non-hydrogen) atoms. The maximum atomic E-state index is 13.2. The molecule has 1 aliphatic rings. The summed E-state index contributed by atoms with van der Waals surface area (Å²) in [6, 6.07) is 10.0. The van der Waals surface area contributed by atoms with Gasteiger partial charge in [-0.15, -0.1) is 11.3 Å². The van der Waals surface area contributed by atoms with Crippen LogP contribution in [0.15, 0.2) is 47.4 Å². The van der Waals surface area contributed by atoms with Crippen LogP contribution in [-0.4, -0.2) is 24.6 Å². The van der Waals surface area contributed by atoms with Crippen molar-refractivity contribution in [2.24, 2.45) is 0 Å². The van der Waals surface area contributed by atoms with Gasteiger partial charge < -0.3 is 5.32 Å². The monoisotopic (exact) mass is 447 g/mol. The molecule has 1 aromatic heterocycles. The van der Waals surface area contributed by atoms with Gasteiger partial charge in [0.25, 0.3) is 5.69 Å². The Labute approximate surface area is 176 Å². The molecular formula is C20H18FN3O4S2. The third kappa shape index (κ3) is 4.05. The largest absolute Gasteiger partial charge is 0.377 e. The molecule has 1 unspecified atom stereocenters. The summed E-state index contributed by atoms with van der Waals surface area (Å²) >= 11 is 1.56. The van der Waals surface area contributed by atoms with Gasteiger partial charge >= 0.3 is 0 Å². The van der Waals surface area contributed by atoms with Gasteiger partial charge in [0.2, 0.25) is 0 Å². The Morgan fingerprint density at radius 1 is 1.23 bits per heavy atom. The molecule has 2 aromatic carbocycles. The lowest BCUT2D eigenvalue weighted by Gasteiger charge is -2.23. The molecule has 0 bridgehead atoms. The molecule has 0 fully saturated rings. The quantitative estimate of drug-likeness (QED) is 0.447. The number of benzene rings is 2. The molecule has 0 spiro atoms. The van der Waals surface area contributed by atoms with E-state index in [1.807, 2.05) is 0 Å². The fraction of sp³-hybridized carbons (Fsp3) is 0.250. The van der Waals surface area contributed by atoms with Crippen molar-refractivity contribution in [1.82, 2.24) is 4.98 Å². The van der Waals surface area contributed by atoms with E-state index in [-0.39, 0.29) is 16.8 Å². The Hall–Kier alpha value is -2.85. The number of halogens is 1. The molecule has 1 atom stereocenters. The van der Waals surface area contributed by atoms with Gasteiger partial charge in [-0.2, -0.15) is 0 Å². The fourth-order valence-electron chi connectivity index (χ4n) is 3.53. The van der Waals surface area contributed by atoms with Crippen molar-refractivity contribution in [2.75, 3.05) is 11.6 Å². The first-order valence-electron chi connectivity index (χ1n) is 9.23. The predicted molar refractivity (Wildman–Crippen MR) is 113 cm³/mol. The number of hydrogen-bond donors (Lipinski definition) is 1. The van der Waals surface area contributed by atoms with Crippen molar-refractivity contribution in [2.45, 2.75) is 30.2 Å². The predicted octanol–water partition coefficient (Wildman–Crippen LogP) is 4.75. The van der Waals surface area contributed by atoms with Crippen LogP contribution in [0.2, 0.25) is 0 Å². The Kier molecular flexibility index (Phi) is 5.29. The maximum absolute atomic E-state index is 13.2. The minimum absolute atomic E-state index is 0.145. The normalized spacial score (nSPS) is 16.1. The van der Waals surface area contributed by atoms with Gasteiger partial charge in [-0.3, -0.25) is 10.1 Å². The first kappa shape index (κ1) is 20.4. The van der Waals surface area contributed by atoms with Crippen molar-refractivity contribution >= 4 is 32.5 Å². The van der Waals surface area contributed by atoms with E-state index in [0.29, 0.717) is 5.69 Å². The second-order valence-corrected chi connectivity index (χ2v) is 10.2. The summed E-state index contributed by atoms with van der Waals surface area (Å²) in [5.41, 5.74) is 1.75. The Morgan fingerprint density at radius 2 is 1.97 bits per heavy atom. The highest BCUT2D eigenvalue weighted by Crippen LogP contribution is 2.39. The van der Waals surface area contributed by atoms with Crippen molar-refractivity contribution in [3.05, 3.63) is 69.0 Å². The number of fused-ring (bicyclic) bond motifs is 1. The molecule has 7 nitrogen and oxygen atoms in total. The van der Waals surface area contributed by atoms with Gasteiger partial charge in [0.1, 0.15) is 15.7 Å². The van der Waals surface area contributed by atoms with E-state index in [1.165, 1.54) is 30.3 Å². The van der Waals surface area contributed by atoms with Gasteiger partial charge in [-0.1, -0.05) is 0 Å². The van der Waals surface area contributed by atoms with Crippen LogP contribution in [-0.2, 0) is 16.3 Å². The highest BCUT2D eigenvalue weighted by Gasteiger charge is 2.27. The molecule has 0 aliphatic heterocycles. The lowest BCUT2D eigenvalue weighted by atomic mass is 9.97. The lowest BCUT2D eigenvalue weighted by Crippen LogP contribution is -2.17. The van der Waals surface area contributed by atoms with Gasteiger partial charge in [-0.25, -0.2) is 17.8 Å². The van der Waals surface area contributed by atoms with E-state index >= 15 is 0 Å². The molecule has 0 radical (unpaired) electrons. The van der Waals surface area contributed by atoms with Crippen molar-refractivity contribution < 1.29 is 17.7 Å². The second-order valence-electron chi connectivity index (χ2n) is 7.14. The standard InChI is InChI=1S/C20H18FN3O4S2/c1-30(27,28)18-11-14(9-10-16(18)24(25)26)22-15-3-2-4-17-19(15)23-20(29-17)12-5-7-13(21)8-6-12/h5-11,15,22H,2-4H2,1H3. The zero-order valence-electron chi connectivity index (χ0n) is 16.0. The highest BCUT2D eigenvalue weighted by molar-refractivity contribution is 7.90. The SMILES string of the molecule is CS(=O)(=O)c1cc(NC2CCCc3sc(-c4ccc(F)cc4)nc32)ccc1[N+](=O)[O-]. The van der Waals surface area contributed by atoms with Crippen LogP contribution < -0.4 is 5.32 Å². The number of hydrogen-bond acceptors (Lipinski definition) is 7. The number of rotatable bonds is 5. The minimum Gasteiger partial charge on any atom is -0.377 e. The molecule has 0 saturated carbocycles. The first-order chi connectivity index (χ1) is 14.2. The second kappa shape index (κ2) is 7.77. The summed E-state index contributed by atoms with van der Waals surface area (Å²) in [6.45, 7) is 0. The molecule has 156 valence electrons. The summed E-state index contributed by atoms with van der Waals surface area (Å²) in [5, 5.41) is 15.3. The van der Waals surface area contributed by atoms with E-state index in [0.717, 1.165) is 46.7 Å². The van der Waals surface area contributed by atoms with Crippen LogP contribution in [0.3, 0.4) is 0 Å². The summed E-state index contributed by atoms with van der Waals surface area (Å²) in [4.78, 5) is 16.0. The molecule has 3 aromatic rings. The van der Waals surface area contributed by atoms with Gasteiger partial charge in [0.05, 0.1) is 16.7 Å². The van der Waals surface area contributed by atoms with Crippen LogP contribution in [0.25, 0.3) is 10.6 Å². The molecule has 4 rings (SSSR count). The molecule has 0 amide bonds. The molecule has 1 N–H and O–H groups in total. The molecular weight excluding hydrogens is 429 g/mol. The van der Waals surface area contributed by atoms with E-state index in [1.54, 1.807) is 23.5 Å². The summed E-state index contributed by atoms with van der Waals surface area (Å²) in [5.74, 6) is -0.306. The molecule has 0 saturated heterocycles. The number of anilines is 1. The highest BCUT2D eigenvalue weighted by atomic mass is 32.2. The number of nitro benzene ring substituents is 1. The smallest absolute Gasteiger partial charge is 0.288 e. The van der Waals surface area contributed by atoms with Gasteiger partial charge in [0, 0.05) is 28.5 Å². The number of aromatic nitrogens is 1. The Bertz CT molecular complexity index is 1220. The van der Waals surface area contributed by atoms with Gasteiger partial charge in [0.15, 0.2) is 9.84 Å². The number of aryl methyl sites for hydroxylation is 1. The summed E-state index contributed by atoms with van der Waals surface area (Å²) in [6.07, 6.45) is 3.57. The topological polar surface area (TPSA) is 102 Å². The van der Waals surface area contributed by atoms with Crippen LogP contribution in [0.4, 0.5) is 15.8 Å². The van der Waals surface area contributed by atoms with E-state index in [4.69, 9.17) is 4.98 Å². The number of nitro groups is 1. The number of sulfone groups is 1. The number of nitrogens with zero attached hydrogens (tertiary/aromatic N) is 2. The van der Waals surface area contributed by atoms with E-state index in [9.17, 15) is 22.9 Å². The van der Waals surface area contributed by atoms with Crippen LogP contribution in [0.5, 0.6) is 0 Å². The summed E-state index contributed by atoms with van der Waals surface area (Å²) < 4.78 is 37.2. The summed E-state index contributed by atoms with van der Waals surface area (Å²) in [7, 11) is -3.76. The number of thiazole rings is 1. The third-order valence-electron chi connectivity index (χ3n) is 4.94. The van der Waals surface area contributed by atoms with Crippen molar-refractivity contribution in [3.63, 3.8) is 0 Å². The molecule has 10 heteroatoms. The van der Waals surface area contributed by atoms with Crippen molar-refractivity contribution in [1.29, 1.82) is 0 Å². The molecule has 1 heterocycles. The third-order valence-corrected chi connectivity index (χ3v) is 7.25. The Morgan fingerprint density at radius 3 is 2.63 bits per heavy atom. The lowest BCUT2D eigenvalue weighted by molar-refractivity contribution is -0.387. The average molecular weight is 448 g/mol. The van der Waals surface area contributed by atoms with E-state index < -0.39 is 20.4 Å². The average Bonchev–Trinajstić information content (AvgIpc) is 3.13. The minimum atomic E-state index is -3.76. The van der Waals surface area contributed by atoms with Crippen LogP contribution >= 0.6 is 11.3 Å². The van der Waals surface area contributed by atoms with Crippen molar-refractivity contribution in [3.8, 4) is 10.6 Å². The first-order valence-corrected chi connectivity index (χ1v) is 11.9. The van der Waals surface area contributed by atoms with Gasteiger partial charge in [-0.05, 0) is 55.7 Å². The Balaban J connectivity index is 1.66. The van der Waals surface area contributed by atoms with Crippen LogP contribution in [0.1, 0.15) is 29.5 Å². The zero-order valence-corrected chi connectivity index (χ0v) is 17.6. The number of nitrogens with one attached hydrogen (secondary N) is 1.